The molecule has 1 fully saturated rings. The Labute approximate surface area is 117 Å². The Hall–Kier alpha value is -2.24. The number of amides is 2. The lowest BCUT2D eigenvalue weighted by Crippen LogP contribution is -2.38. The minimum Gasteiger partial charge on any atom is -0.504 e. The van der Waals surface area contributed by atoms with Crippen LogP contribution >= 0.6 is 0 Å². The maximum atomic E-state index is 12.4. The van der Waals surface area contributed by atoms with Crippen LogP contribution in [-0.4, -0.2) is 60.5 Å². The molecule has 1 heterocycles. The fraction of sp³-hybridized carbons (Fsp3) is 0.429. The summed E-state index contributed by atoms with van der Waals surface area (Å²) in [6.45, 7) is 1.25. The van der Waals surface area contributed by atoms with Gasteiger partial charge in [0.05, 0.1) is 7.11 Å². The van der Waals surface area contributed by atoms with Crippen molar-refractivity contribution in [2.24, 2.45) is 0 Å². The van der Waals surface area contributed by atoms with Crippen molar-refractivity contribution in [1.29, 1.82) is 0 Å². The van der Waals surface area contributed by atoms with Crippen LogP contribution < -0.4 is 4.74 Å². The van der Waals surface area contributed by atoms with Gasteiger partial charge in [0.2, 0.25) is 5.91 Å². The lowest BCUT2D eigenvalue weighted by molar-refractivity contribution is -0.129. The van der Waals surface area contributed by atoms with Crippen molar-refractivity contribution >= 4 is 11.8 Å². The third-order valence-corrected chi connectivity index (χ3v) is 3.39. The average molecular weight is 278 g/mol. The van der Waals surface area contributed by atoms with Gasteiger partial charge in [0.25, 0.3) is 5.91 Å². The summed E-state index contributed by atoms with van der Waals surface area (Å²) < 4.78 is 4.94. The van der Waals surface area contributed by atoms with Crippen LogP contribution in [0.15, 0.2) is 18.2 Å². The number of phenols is 1. The van der Waals surface area contributed by atoms with E-state index < -0.39 is 0 Å². The molecule has 1 aromatic carbocycles. The molecular formula is C14H18N2O4. The number of methoxy groups -OCH3 is 1. The Morgan fingerprint density at radius 1 is 1.35 bits per heavy atom. The lowest BCUT2D eigenvalue weighted by atomic mass is 10.1. The van der Waals surface area contributed by atoms with Gasteiger partial charge < -0.3 is 19.6 Å². The zero-order valence-electron chi connectivity index (χ0n) is 11.6. The Bertz CT molecular complexity index is 530. The van der Waals surface area contributed by atoms with Crippen LogP contribution in [0.3, 0.4) is 0 Å². The first kappa shape index (κ1) is 14.2. The standard InChI is InChI=1S/C14H18N2O4/c1-15-6-3-7-16(9-13(15)18)14(19)10-4-5-12(20-2)11(17)8-10/h4-5,8,17H,3,6-7,9H2,1-2H3. The SMILES string of the molecule is COc1ccc(C(=O)N2CCCN(C)C(=O)C2)cc1O. The largest absolute Gasteiger partial charge is 0.504 e. The number of hydrogen-bond donors (Lipinski definition) is 1. The molecule has 0 atom stereocenters. The quantitative estimate of drug-likeness (QED) is 0.864. The molecule has 2 rings (SSSR count). The van der Waals surface area contributed by atoms with E-state index in [9.17, 15) is 14.7 Å². The van der Waals surface area contributed by atoms with Gasteiger partial charge in [-0.05, 0) is 24.6 Å². The molecule has 1 aromatic rings. The molecule has 0 bridgehead atoms. The van der Waals surface area contributed by atoms with Crippen molar-refractivity contribution in [3.05, 3.63) is 23.8 Å². The summed E-state index contributed by atoms with van der Waals surface area (Å²) in [7, 11) is 3.18. The van der Waals surface area contributed by atoms with Gasteiger partial charge in [-0.15, -0.1) is 0 Å². The molecule has 0 unspecified atom stereocenters. The summed E-state index contributed by atoms with van der Waals surface area (Å²) in [5.41, 5.74) is 0.348. The molecule has 6 heteroatoms. The first-order valence-corrected chi connectivity index (χ1v) is 6.43. The van der Waals surface area contributed by atoms with Gasteiger partial charge >= 0.3 is 0 Å². The van der Waals surface area contributed by atoms with Gasteiger partial charge in [0, 0.05) is 25.7 Å². The second-order valence-corrected chi connectivity index (χ2v) is 4.78. The number of likely N-dealkylation sites (N-methyl/N-ethyl adjacent to an activating group) is 1. The van der Waals surface area contributed by atoms with Gasteiger partial charge in [-0.3, -0.25) is 9.59 Å². The summed E-state index contributed by atoms with van der Waals surface area (Å²) >= 11 is 0. The monoisotopic (exact) mass is 278 g/mol. The molecule has 0 saturated carbocycles. The molecule has 20 heavy (non-hydrogen) atoms. The lowest BCUT2D eigenvalue weighted by Gasteiger charge is -2.20. The third-order valence-electron chi connectivity index (χ3n) is 3.39. The minimum absolute atomic E-state index is 0.0716. The van der Waals surface area contributed by atoms with Crippen LogP contribution in [0, 0.1) is 0 Å². The number of phenolic OH excluding ortho intramolecular Hbond substituents is 1. The number of carbonyl (C=O) groups is 2. The summed E-state index contributed by atoms with van der Waals surface area (Å²) in [6, 6.07) is 4.48. The number of aromatic hydroxyl groups is 1. The highest BCUT2D eigenvalue weighted by Gasteiger charge is 2.24. The number of nitrogens with zero attached hydrogens (tertiary/aromatic N) is 2. The molecule has 1 aliphatic heterocycles. The van der Waals surface area contributed by atoms with E-state index in [4.69, 9.17) is 4.74 Å². The first-order chi connectivity index (χ1) is 9.52. The maximum absolute atomic E-state index is 12.4. The van der Waals surface area contributed by atoms with E-state index in [1.807, 2.05) is 0 Å². The molecule has 1 saturated heterocycles. The molecule has 1 aliphatic rings. The smallest absolute Gasteiger partial charge is 0.254 e. The minimum atomic E-state index is -0.258. The molecule has 0 spiro atoms. The zero-order valence-corrected chi connectivity index (χ0v) is 11.6. The van der Waals surface area contributed by atoms with Gasteiger partial charge in [0.1, 0.15) is 6.54 Å². The van der Waals surface area contributed by atoms with E-state index in [2.05, 4.69) is 0 Å². The summed E-state index contributed by atoms with van der Waals surface area (Å²) in [4.78, 5) is 27.3. The predicted octanol–water partition coefficient (Wildman–Crippen LogP) is 0.705. The van der Waals surface area contributed by atoms with Crippen LogP contribution in [0.4, 0.5) is 0 Å². The topological polar surface area (TPSA) is 70.1 Å². The van der Waals surface area contributed by atoms with Crippen molar-refractivity contribution in [3.63, 3.8) is 0 Å². The third kappa shape index (κ3) is 2.84. The molecule has 1 N–H and O–H groups in total. The molecule has 0 aromatic heterocycles. The van der Waals surface area contributed by atoms with Crippen LogP contribution in [-0.2, 0) is 4.79 Å². The number of benzene rings is 1. The predicted molar refractivity (Wildman–Crippen MR) is 72.8 cm³/mol. The normalized spacial score (nSPS) is 16.0. The van der Waals surface area contributed by atoms with Gasteiger partial charge in [-0.25, -0.2) is 0 Å². The van der Waals surface area contributed by atoms with E-state index in [0.29, 0.717) is 24.4 Å². The van der Waals surface area contributed by atoms with Gasteiger partial charge in [-0.2, -0.15) is 0 Å². The van der Waals surface area contributed by atoms with Gasteiger partial charge in [-0.1, -0.05) is 0 Å². The number of hydrogen-bond acceptors (Lipinski definition) is 4. The average Bonchev–Trinajstić information content (AvgIpc) is 2.60. The summed E-state index contributed by atoms with van der Waals surface area (Å²) in [5.74, 6) is -0.106. The van der Waals surface area contributed by atoms with Crippen molar-refractivity contribution < 1.29 is 19.4 Å². The second-order valence-electron chi connectivity index (χ2n) is 4.78. The van der Waals surface area contributed by atoms with Crippen molar-refractivity contribution in [2.45, 2.75) is 6.42 Å². The molecule has 2 amide bonds. The first-order valence-electron chi connectivity index (χ1n) is 6.43. The molecular weight excluding hydrogens is 260 g/mol. The Balaban J connectivity index is 2.18. The Morgan fingerprint density at radius 2 is 2.10 bits per heavy atom. The van der Waals surface area contributed by atoms with E-state index in [-0.39, 0.29) is 24.1 Å². The van der Waals surface area contributed by atoms with Gasteiger partial charge in [0.15, 0.2) is 11.5 Å². The molecule has 6 nitrogen and oxygen atoms in total. The Morgan fingerprint density at radius 3 is 2.75 bits per heavy atom. The highest BCUT2D eigenvalue weighted by Crippen LogP contribution is 2.26. The van der Waals surface area contributed by atoms with E-state index >= 15 is 0 Å². The summed E-state index contributed by atoms with van der Waals surface area (Å²) in [5, 5.41) is 9.72. The zero-order chi connectivity index (χ0) is 14.7. The van der Waals surface area contributed by atoms with Crippen LogP contribution in [0.2, 0.25) is 0 Å². The van der Waals surface area contributed by atoms with E-state index in [0.717, 1.165) is 6.42 Å². The fourth-order valence-corrected chi connectivity index (χ4v) is 2.17. The second kappa shape index (κ2) is 5.81. The fourth-order valence-electron chi connectivity index (χ4n) is 2.17. The van der Waals surface area contributed by atoms with Crippen molar-refractivity contribution in [2.75, 3.05) is 33.8 Å². The number of ether oxygens (including phenoxy) is 1. The maximum Gasteiger partial charge on any atom is 0.254 e. The summed E-state index contributed by atoms with van der Waals surface area (Å²) in [6.07, 6.45) is 0.746. The number of rotatable bonds is 2. The van der Waals surface area contributed by atoms with Crippen LogP contribution in [0.5, 0.6) is 11.5 Å². The number of carbonyl (C=O) groups excluding carboxylic acids is 2. The highest BCUT2D eigenvalue weighted by atomic mass is 16.5. The van der Waals surface area contributed by atoms with Crippen LogP contribution in [0.1, 0.15) is 16.8 Å². The van der Waals surface area contributed by atoms with E-state index in [1.165, 1.54) is 24.1 Å². The van der Waals surface area contributed by atoms with Crippen molar-refractivity contribution in [1.82, 2.24) is 9.80 Å². The highest BCUT2D eigenvalue weighted by molar-refractivity contribution is 5.97. The van der Waals surface area contributed by atoms with Crippen molar-refractivity contribution in [3.8, 4) is 11.5 Å². The Kier molecular flexibility index (Phi) is 4.12. The molecule has 0 aliphatic carbocycles. The molecule has 0 radical (unpaired) electrons. The van der Waals surface area contributed by atoms with E-state index in [1.54, 1.807) is 18.0 Å². The molecule has 108 valence electrons. The van der Waals surface area contributed by atoms with Crippen LogP contribution in [0.25, 0.3) is 0 Å².